The highest BCUT2D eigenvalue weighted by Crippen LogP contribution is 2.15. The van der Waals surface area contributed by atoms with Crippen LogP contribution in [0.5, 0.6) is 5.88 Å². The third-order valence-corrected chi connectivity index (χ3v) is 4.12. The van der Waals surface area contributed by atoms with Gasteiger partial charge in [-0.2, -0.15) is 0 Å². The highest BCUT2D eigenvalue weighted by atomic mass is 16.5. The molecule has 1 rings (SSSR count). The number of ether oxygens (including phenoxy) is 2. The summed E-state index contributed by atoms with van der Waals surface area (Å²) >= 11 is 0. The average molecular weight is 380 g/mol. The van der Waals surface area contributed by atoms with Gasteiger partial charge in [-0.3, -0.25) is 4.90 Å². The van der Waals surface area contributed by atoms with E-state index in [4.69, 9.17) is 9.47 Å². The molecule has 7 nitrogen and oxygen atoms in total. The van der Waals surface area contributed by atoms with Gasteiger partial charge >= 0.3 is 0 Å². The second-order valence-corrected chi connectivity index (χ2v) is 6.86. The first-order valence-corrected chi connectivity index (χ1v) is 9.83. The molecule has 0 amide bonds. The molecule has 0 bridgehead atoms. The zero-order chi connectivity index (χ0) is 20.1. The smallest absolute Gasteiger partial charge is 0.218 e. The van der Waals surface area contributed by atoms with Crippen molar-refractivity contribution in [2.75, 3.05) is 40.0 Å². The number of aliphatic imine (C=N–C) groups is 1. The summed E-state index contributed by atoms with van der Waals surface area (Å²) in [6.07, 6.45) is 1.73. The van der Waals surface area contributed by atoms with Crippen LogP contribution >= 0.6 is 0 Å². The molecular formula is C20H37N5O2. The molecule has 0 saturated heterocycles. The first-order valence-electron chi connectivity index (χ1n) is 9.83. The molecule has 1 aromatic heterocycles. The van der Waals surface area contributed by atoms with Crippen molar-refractivity contribution in [1.82, 2.24) is 20.5 Å². The number of nitrogens with zero attached hydrogens (tertiary/aromatic N) is 3. The molecule has 0 aromatic carbocycles. The number of aromatic nitrogens is 1. The lowest BCUT2D eigenvalue weighted by atomic mass is 10.2. The maximum atomic E-state index is 5.68. The molecule has 0 atom stereocenters. The molecule has 0 radical (unpaired) electrons. The van der Waals surface area contributed by atoms with Crippen LogP contribution in [0.25, 0.3) is 0 Å². The third kappa shape index (κ3) is 9.06. The van der Waals surface area contributed by atoms with Crippen molar-refractivity contribution in [3.63, 3.8) is 0 Å². The molecule has 0 spiro atoms. The quantitative estimate of drug-likeness (QED) is 0.330. The van der Waals surface area contributed by atoms with E-state index in [0.717, 1.165) is 31.2 Å². The van der Waals surface area contributed by atoms with Gasteiger partial charge in [0.25, 0.3) is 0 Å². The van der Waals surface area contributed by atoms with Crippen LogP contribution in [0.15, 0.2) is 23.3 Å². The van der Waals surface area contributed by atoms with Crippen molar-refractivity contribution in [1.29, 1.82) is 0 Å². The van der Waals surface area contributed by atoms with Gasteiger partial charge < -0.3 is 20.1 Å². The number of nitrogens with one attached hydrogen (secondary N) is 2. The van der Waals surface area contributed by atoms with E-state index in [2.05, 4.69) is 60.1 Å². The van der Waals surface area contributed by atoms with Crippen LogP contribution in [0.1, 0.15) is 40.2 Å². The first kappa shape index (κ1) is 23.2. The van der Waals surface area contributed by atoms with Crippen molar-refractivity contribution in [2.45, 2.75) is 53.2 Å². The van der Waals surface area contributed by atoms with E-state index in [0.29, 0.717) is 37.7 Å². The van der Waals surface area contributed by atoms with Crippen molar-refractivity contribution in [3.05, 3.63) is 23.9 Å². The minimum atomic E-state index is 0.475. The van der Waals surface area contributed by atoms with Gasteiger partial charge in [0.05, 0.1) is 13.2 Å². The summed E-state index contributed by atoms with van der Waals surface area (Å²) in [6.45, 7) is 15.1. The molecule has 0 unspecified atom stereocenters. The molecule has 7 heteroatoms. The van der Waals surface area contributed by atoms with E-state index in [-0.39, 0.29) is 0 Å². The number of methoxy groups -OCH3 is 1. The Morgan fingerprint density at radius 2 is 1.93 bits per heavy atom. The van der Waals surface area contributed by atoms with Crippen molar-refractivity contribution in [2.24, 2.45) is 4.99 Å². The lowest BCUT2D eigenvalue weighted by molar-refractivity contribution is 0.143. The van der Waals surface area contributed by atoms with Crippen molar-refractivity contribution < 1.29 is 9.47 Å². The van der Waals surface area contributed by atoms with E-state index in [1.165, 1.54) is 0 Å². The number of hydrogen-bond acceptors (Lipinski definition) is 5. The Bertz CT molecular complexity index is 541. The molecule has 2 N–H and O–H groups in total. The Balaban J connectivity index is 2.66. The minimum Gasteiger partial charge on any atom is -0.475 e. The van der Waals surface area contributed by atoms with Crippen LogP contribution in [0.3, 0.4) is 0 Å². The largest absolute Gasteiger partial charge is 0.475 e. The lowest BCUT2D eigenvalue weighted by Crippen LogP contribution is -2.45. The predicted molar refractivity (Wildman–Crippen MR) is 111 cm³/mol. The lowest BCUT2D eigenvalue weighted by Gasteiger charge is -2.30. The van der Waals surface area contributed by atoms with Crippen LogP contribution in [-0.4, -0.2) is 67.9 Å². The topological polar surface area (TPSA) is 71.0 Å². The Labute approximate surface area is 164 Å². The highest BCUT2D eigenvalue weighted by Gasteiger charge is 2.12. The average Bonchev–Trinajstić information content (AvgIpc) is 2.63. The Hall–Kier alpha value is -1.86. The molecule has 0 aliphatic heterocycles. The summed E-state index contributed by atoms with van der Waals surface area (Å²) in [7, 11) is 1.65. The van der Waals surface area contributed by atoms with Gasteiger partial charge in [-0.15, -0.1) is 0 Å². The Morgan fingerprint density at radius 1 is 1.19 bits per heavy atom. The molecule has 1 heterocycles. The second kappa shape index (κ2) is 13.3. The minimum absolute atomic E-state index is 0.475. The number of rotatable bonds is 12. The fourth-order valence-electron chi connectivity index (χ4n) is 2.82. The molecule has 0 saturated carbocycles. The van der Waals surface area contributed by atoms with Gasteiger partial charge in [0, 0.05) is 50.6 Å². The number of hydrogen-bond donors (Lipinski definition) is 2. The SMILES string of the molecule is CCNC(=NCc1cccnc1OCCOC)NCCN(C(C)C)C(C)C. The summed E-state index contributed by atoms with van der Waals surface area (Å²) in [5.41, 5.74) is 0.955. The van der Waals surface area contributed by atoms with E-state index in [1.54, 1.807) is 13.3 Å². The normalized spacial score (nSPS) is 12.1. The molecule has 154 valence electrons. The first-order chi connectivity index (χ1) is 13.0. The zero-order valence-electron chi connectivity index (χ0n) is 17.8. The molecule has 1 aromatic rings. The summed E-state index contributed by atoms with van der Waals surface area (Å²) in [5.74, 6) is 1.41. The van der Waals surface area contributed by atoms with E-state index in [1.807, 2.05) is 12.1 Å². The van der Waals surface area contributed by atoms with Gasteiger partial charge in [0.15, 0.2) is 5.96 Å². The summed E-state index contributed by atoms with van der Waals surface area (Å²) in [6, 6.07) is 4.93. The van der Waals surface area contributed by atoms with E-state index < -0.39 is 0 Å². The standard InChI is InChI=1S/C20H37N5O2/c1-7-21-20(23-11-12-25(16(2)3)17(4)5)24-15-18-9-8-10-22-19(18)27-14-13-26-6/h8-10,16-17H,7,11-15H2,1-6H3,(H2,21,23,24). The van der Waals surface area contributed by atoms with E-state index in [9.17, 15) is 0 Å². The molecule has 0 aliphatic carbocycles. The molecule has 0 fully saturated rings. The summed E-state index contributed by atoms with van der Waals surface area (Å²) < 4.78 is 10.7. The van der Waals surface area contributed by atoms with Crippen molar-refractivity contribution >= 4 is 5.96 Å². The van der Waals surface area contributed by atoms with Crippen LogP contribution in [-0.2, 0) is 11.3 Å². The predicted octanol–water partition coefficient (Wildman–Crippen LogP) is 2.28. The van der Waals surface area contributed by atoms with Gasteiger partial charge in [-0.1, -0.05) is 6.07 Å². The summed E-state index contributed by atoms with van der Waals surface area (Å²) in [5, 5.41) is 6.71. The zero-order valence-corrected chi connectivity index (χ0v) is 17.8. The fraction of sp³-hybridized carbons (Fsp3) is 0.700. The van der Waals surface area contributed by atoms with Crippen molar-refractivity contribution in [3.8, 4) is 5.88 Å². The van der Waals surface area contributed by atoms with Crippen LogP contribution < -0.4 is 15.4 Å². The molecule has 27 heavy (non-hydrogen) atoms. The van der Waals surface area contributed by atoms with Gasteiger partial charge in [-0.25, -0.2) is 9.98 Å². The second-order valence-electron chi connectivity index (χ2n) is 6.86. The molecular weight excluding hydrogens is 342 g/mol. The van der Waals surface area contributed by atoms with Crippen LogP contribution in [0.2, 0.25) is 0 Å². The summed E-state index contributed by atoms with van der Waals surface area (Å²) in [4.78, 5) is 11.4. The third-order valence-electron chi connectivity index (χ3n) is 4.12. The maximum Gasteiger partial charge on any atom is 0.218 e. The Kier molecular flexibility index (Phi) is 11.4. The maximum absolute atomic E-state index is 5.68. The monoisotopic (exact) mass is 379 g/mol. The van der Waals surface area contributed by atoms with Crippen LogP contribution in [0.4, 0.5) is 0 Å². The highest BCUT2D eigenvalue weighted by molar-refractivity contribution is 5.79. The Morgan fingerprint density at radius 3 is 2.56 bits per heavy atom. The van der Waals surface area contributed by atoms with Gasteiger partial charge in [-0.05, 0) is 40.7 Å². The van der Waals surface area contributed by atoms with E-state index >= 15 is 0 Å². The van der Waals surface area contributed by atoms with Gasteiger partial charge in [0.1, 0.15) is 6.61 Å². The number of pyridine rings is 1. The molecule has 0 aliphatic rings. The fourth-order valence-corrected chi connectivity index (χ4v) is 2.82. The van der Waals surface area contributed by atoms with Gasteiger partial charge in [0.2, 0.25) is 5.88 Å². The number of guanidine groups is 1. The van der Waals surface area contributed by atoms with Crippen LogP contribution in [0, 0.1) is 0 Å².